The van der Waals surface area contributed by atoms with Gasteiger partial charge in [0.25, 0.3) is 0 Å². The van der Waals surface area contributed by atoms with Crippen LogP contribution in [-0.4, -0.2) is 55.3 Å². The number of pyridine rings is 1. The number of ether oxygens (including phenoxy) is 1. The Morgan fingerprint density at radius 2 is 2.10 bits per heavy atom. The smallest absolute Gasteiger partial charge is 0.128 e. The standard InChI is InChI=1S/C15H24N4O/c1-12(16)13-2-3-15(17-10-13)19-5-4-14(11-19)18-6-8-20-9-7-18/h2-3,10,12,14H,4-9,11,16H2,1H3. The number of rotatable bonds is 3. The quantitative estimate of drug-likeness (QED) is 0.893. The lowest BCUT2D eigenvalue weighted by Crippen LogP contribution is -2.44. The van der Waals surface area contributed by atoms with Gasteiger partial charge in [0.1, 0.15) is 5.82 Å². The molecule has 0 amide bonds. The third-order valence-corrected chi connectivity index (χ3v) is 4.35. The summed E-state index contributed by atoms with van der Waals surface area (Å²) >= 11 is 0. The summed E-state index contributed by atoms with van der Waals surface area (Å²) in [6.07, 6.45) is 3.12. The highest BCUT2D eigenvalue weighted by Gasteiger charge is 2.29. The Morgan fingerprint density at radius 3 is 2.75 bits per heavy atom. The number of nitrogens with zero attached hydrogens (tertiary/aromatic N) is 3. The molecule has 5 nitrogen and oxygen atoms in total. The fourth-order valence-electron chi connectivity index (χ4n) is 3.04. The number of hydrogen-bond acceptors (Lipinski definition) is 5. The molecule has 20 heavy (non-hydrogen) atoms. The van der Waals surface area contributed by atoms with Crippen molar-refractivity contribution in [1.29, 1.82) is 0 Å². The van der Waals surface area contributed by atoms with Gasteiger partial charge in [-0.1, -0.05) is 6.07 Å². The summed E-state index contributed by atoms with van der Waals surface area (Å²) < 4.78 is 5.43. The minimum Gasteiger partial charge on any atom is -0.379 e. The average molecular weight is 276 g/mol. The molecule has 2 unspecified atom stereocenters. The topological polar surface area (TPSA) is 54.6 Å². The molecule has 2 atom stereocenters. The maximum atomic E-state index is 5.86. The van der Waals surface area contributed by atoms with Crippen molar-refractivity contribution in [3.63, 3.8) is 0 Å². The van der Waals surface area contributed by atoms with E-state index in [-0.39, 0.29) is 6.04 Å². The van der Waals surface area contributed by atoms with Gasteiger partial charge < -0.3 is 15.4 Å². The fraction of sp³-hybridized carbons (Fsp3) is 0.667. The van der Waals surface area contributed by atoms with Crippen molar-refractivity contribution in [1.82, 2.24) is 9.88 Å². The molecular weight excluding hydrogens is 252 g/mol. The second-order valence-corrected chi connectivity index (χ2v) is 5.78. The van der Waals surface area contributed by atoms with Crippen molar-refractivity contribution >= 4 is 5.82 Å². The van der Waals surface area contributed by atoms with E-state index in [2.05, 4.69) is 26.9 Å². The van der Waals surface area contributed by atoms with Gasteiger partial charge in [-0.05, 0) is 25.0 Å². The number of anilines is 1. The maximum Gasteiger partial charge on any atom is 0.128 e. The highest BCUT2D eigenvalue weighted by Crippen LogP contribution is 2.22. The van der Waals surface area contributed by atoms with Gasteiger partial charge in [0.2, 0.25) is 0 Å². The Bertz CT molecular complexity index is 428. The lowest BCUT2D eigenvalue weighted by molar-refractivity contribution is 0.0209. The summed E-state index contributed by atoms with van der Waals surface area (Å²) in [4.78, 5) is 9.50. The van der Waals surface area contributed by atoms with E-state index >= 15 is 0 Å². The van der Waals surface area contributed by atoms with Gasteiger partial charge in [0.05, 0.1) is 13.2 Å². The van der Waals surface area contributed by atoms with Crippen molar-refractivity contribution in [2.75, 3.05) is 44.3 Å². The monoisotopic (exact) mass is 276 g/mol. The van der Waals surface area contributed by atoms with Crippen LogP contribution in [0.1, 0.15) is 24.9 Å². The fourth-order valence-corrected chi connectivity index (χ4v) is 3.04. The largest absolute Gasteiger partial charge is 0.379 e. The van der Waals surface area contributed by atoms with E-state index < -0.39 is 0 Å². The molecule has 3 rings (SSSR count). The summed E-state index contributed by atoms with van der Waals surface area (Å²) in [6.45, 7) is 8.03. The van der Waals surface area contributed by atoms with Gasteiger partial charge in [-0.3, -0.25) is 4.90 Å². The molecule has 2 N–H and O–H groups in total. The molecule has 1 aromatic rings. The van der Waals surface area contributed by atoms with Crippen LogP contribution in [0.25, 0.3) is 0 Å². The summed E-state index contributed by atoms with van der Waals surface area (Å²) in [7, 11) is 0. The Morgan fingerprint density at radius 1 is 1.30 bits per heavy atom. The zero-order valence-corrected chi connectivity index (χ0v) is 12.2. The highest BCUT2D eigenvalue weighted by molar-refractivity contribution is 5.41. The van der Waals surface area contributed by atoms with Crippen LogP contribution in [0.2, 0.25) is 0 Å². The molecule has 0 aromatic carbocycles. The van der Waals surface area contributed by atoms with Crippen LogP contribution in [0.5, 0.6) is 0 Å². The first-order chi connectivity index (χ1) is 9.74. The Balaban J connectivity index is 1.61. The van der Waals surface area contributed by atoms with Crippen LogP contribution in [0.4, 0.5) is 5.82 Å². The molecule has 3 heterocycles. The Hall–Kier alpha value is -1.17. The minimum absolute atomic E-state index is 0.0521. The molecule has 2 saturated heterocycles. The van der Waals surface area contributed by atoms with E-state index in [9.17, 15) is 0 Å². The Labute approximate surface area is 120 Å². The van der Waals surface area contributed by atoms with Crippen LogP contribution in [-0.2, 0) is 4.74 Å². The van der Waals surface area contributed by atoms with Gasteiger partial charge in [0.15, 0.2) is 0 Å². The lowest BCUT2D eigenvalue weighted by Gasteiger charge is -2.32. The predicted molar refractivity (Wildman–Crippen MR) is 79.8 cm³/mol. The molecule has 2 aliphatic heterocycles. The molecule has 0 spiro atoms. The van der Waals surface area contributed by atoms with E-state index in [0.717, 1.165) is 50.8 Å². The van der Waals surface area contributed by atoms with Gasteiger partial charge in [0, 0.05) is 44.5 Å². The van der Waals surface area contributed by atoms with E-state index in [1.54, 1.807) is 0 Å². The van der Waals surface area contributed by atoms with Crippen LogP contribution in [0, 0.1) is 0 Å². The van der Waals surface area contributed by atoms with Crippen molar-refractivity contribution in [2.24, 2.45) is 5.73 Å². The number of hydrogen-bond donors (Lipinski definition) is 1. The third-order valence-electron chi connectivity index (χ3n) is 4.35. The van der Waals surface area contributed by atoms with Crippen molar-refractivity contribution < 1.29 is 4.74 Å². The van der Waals surface area contributed by atoms with Crippen LogP contribution in [0.3, 0.4) is 0 Å². The SMILES string of the molecule is CC(N)c1ccc(N2CCC(N3CCOCC3)C2)nc1. The van der Waals surface area contributed by atoms with E-state index in [0.29, 0.717) is 6.04 Å². The molecule has 1 aromatic heterocycles. The number of morpholine rings is 1. The molecular formula is C15H24N4O. The van der Waals surface area contributed by atoms with Gasteiger partial charge in [-0.15, -0.1) is 0 Å². The molecule has 5 heteroatoms. The highest BCUT2D eigenvalue weighted by atomic mass is 16.5. The molecule has 0 aliphatic carbocycles. The van der Waals surface area contributed by atoms with Crippen molar-refractivity contribution in [2.45, 2.75) is 25.4 Å². The Kier molecular flexibility index (Phi) is 4.19. The molecule has 0 saturated carbocycles. The molecule has 2 aliphatic rings. The first kappa shape index (κ1) is 13.8. The zero-order valence-electron chi connectivity index (χ0n) is 12.2. The second kappa shape index (κ2) is 6.08. The minimum atomic E-state index is 0.0521. The zero-order chi connectivity index (χ0) is 13.9. The summed E-state index contributed by atoms with van der Waals surface area (Å²) in [6, 6.07) is 4.89. The van der Waals surface area contributed by atoms with Crippen molar-refractivity contribution in [3.8, 4) is 0 Å². The number of nitrogens with two attached hydrogens (primary N) is 1. The molecule has 0 bridgehead atoms. The van der Waals surface area contributed by atoms with Gasteiger partial charge >= 0.3 is 0 Å². The molecule has 0 radical (unpaired) electrons. The van der Waals surface area contributed by atoms with Crippen LogP contribution < -0.4 is 10.6 Å². The van der Waals surface area contributed by atoms with E-state index in [1.165, 1.54) is 6.42 Å². The van der Waals surface area contributed by atoms with E-state index in [1.807, 2.05) is 13.1 Å². The molecule has 110 valence electrons. The van der Waals surface area contributed by atoms with Gasteiger partial charge in [-0.2, -0.15) is 0 Å². The lowest BCUT2D eigenvalue weighted by atomic mass is 10.1. The van der Waals surface area contributed by atoms with Crippen molar-refractivity contribution in [3.05, 3.63) is 23.9 Å². The van der Waals surface area contributed by atoms with Gasteiger partial charge in [-0.25, -0.2) is 4.98 Å². The first-order valence-electron chi connectivity index (χ1n) is 7.52. The maximum absolute atomic E-state index is 5.86. The van der Waals surface area contributed by atoms with Crippen LogP contribution >= 0.6 is 0 Å². The average Bonchev–Trinajstić information content (AvgIpc) is 2.98. The normalized spacial score (nSPS) is 25.9. The van der Waals surface area contributed by atoms with E-state index in [4.69, 9.17) is 10.5 Å². The molecule has 2 fully saturated rings. The summed E-state index contributed by atoms with van der Waals surface area (Å²) in [5, 5.41) is 0. The summed E-state index contributed by atoms with van der Waals surface area (Å²) in [5.74, 6) is 1.07. The predicted octanol–water partition coefficient (Wildman–Crippen LogP) is 1.01. The van der Waals surface area contributed by atoms with Crippen LogP contribution in [0.15, 0.2) is 18.3 Å². The number of aromatic nitrogens is 1. The summed E-state index contributed by atoms with van der Waals surface area (Å²) in [5.41, 5.74) is 6.96. The first-order valence-corrected chi connectivity index (χ1v) is 7.52. The second-order valence-electron chi connectivity index (χ2n) is 5.78. The third kappa shape index (κ3) is 2.95.